The number of hydrogen-bond acceptors (Lipinski definition) is 3. The van der Waals surface area contributed by atoms with Gasteiger partial charge in [0, 0.05) is 18.7 Å². The Morgan fingerprint density at radius 2 is 1.67 bits per heavy atom. The summed E-state index contributed by atoms with van der Waals surface area (Å²) < 4.78 is 26.5. The second-order valence-electron chi connectivity index (χ2n) is 5.48. The van der Waals surface area contributed by atoms with Crippen molar-refractivity contribution in [3.05, 3.63) is 52.6 Å². The number of carbonyl (C=O) groups excluding carboxylic acids is 1. The molecule has 1 aromatic rings. The van der Waals surface area contributed by atoms with E-state index in [0.717, 1.165) is 23.0 Å². The van der Waals surface area contributed by atoms with E-state index in [0.29, 0.717) is 5.57 Å². The zero-order valence-electron chi connectivity index (χ0n) is 12.5. The predicted octanol–water partition coefficient (Wildman–Crippen LogP) is 2.46. The van der Waals surface area contributed by atoms with Gasteiger partial charge in [0.1, 0.15) is 6.29 Å². The van der Waals surface area contributed by atoms with Crippen molar-refractivity contribution in [1.29, 1.82) is 0 Å². The lowest BCUT2D eigenvalue weighted by Crippen LogP contribution is -2.29. The number of carbonyl (C=O) groups is 1. The largest absolute Gasteiger partial charge is 0.298 e. The Morgan fingerprint density at radius 3 is 2.19 bits per heavy atom. The standard InChI is InChI=1S/C16H19NO3S/c1-12(2)8-14-9-17(10-15(14)11-18)21(19,20)16-6-4-13(3)5-7-16/h4-8,11H,9-10H2,1-3H3. The van der Waals surface area contributed by atoms with Gasteiger partial charge in [-0.1, -0.05) is 29.3 Å². The van der Waals surface area contributed by atoms with Gasteiger partial charge in [-0.25, -0.2) is 8.42 Å². The number of sulfonamides is 1. The van der Waals surface area contributed by atoms with Crippen LogP contribution in [0.5, 0.6) is 0 Å². The van der Waals surface area contributed by atoms with Gasteiger partial charge in [-0.15, -0.1) is 0 Å². The molecule has 112 valence electrons. The fraction of sp³-hybridized carbons (Fsp3) is 0.312. The molecule has 0 spiro atoms. The van der Waals surface area contributed by atoms with Crippen molar-refractivity contribution in [2.75, 3.05) is 13.1 Å². The summed E-state index contributed by atoms with van der Waals surface area (Å²) in [7, 11) is -3.56. The molecule has 0 aromatic heterocycles. The summed E-state index contributed by atoms with van der Waals surface area (Å²) in [6.45, 7) is 6.14. The first-order valence-corrected chi connectivity index (χ1v) is 8.17. The molecular weight excluding hydrogens is 286 g/mol. The lowest BCUT2D eigenvalue weighted by molar-refractivity contribution is -0.105. The second-order valence-corrected chi connectivity index (χ2v) is 7.41. The lowest BCUT2D eigenvalue weighted by Gasteiger charge is -2.16. The van der Waals surface area contributed by atoms with Gasteiger partial charge in [0.2, 0.25) is 10.0 Å². The highest BCUT2D eigenvalue weighted by atomic mass is 32.2. The number of aryl methyl sites for hydroxylation is 1. The van der Waals surface area contributed by atoms with Crippen molar-refractivity contribution >= 4 is 16.3 Å². The lowest BCUT2D eigenvalue weighted by atomic mass is 10.1. The molecule has 5 heteroatoms. The van der Waals surface area contributed by atoms with Crippen molar-refractivity contribution in [2.45, 2.75) is 25.7 Å². The van der Waals surface area contributed by atoms with Gasteiger partial charge in [0.05, 0.1) is 4.90 Å². The molecule has 0 radical (unpaired) electrons. The van der Waals surface area contributed by atoms with Gasteiger partial charge in [-0.3, -0.25) is 4.79 Å². The molecule has 0 saturated heterocycles. The average Bonchev–Trinajstić information content (AvgIpc) is 2.82. The molecule has 0 atom stereocenters. The van der Waals surface area contributed by atoms with Gasteiger partial charge in [0.15, 0.2) is 0 Å². The number of hydrogen-bond donors (Lipinski definition) is 0. The topological polar surface area (TPSA) is 54.5 Å². The van der Waals surface area contributed by atoms with Crippen molar-refractivity contribution in [3.63, 3.8) is 0 Å². The van der Waals surface area contributed by atoms with Crippen LogP contribution in [0.15, 0.2) is 52.0 Å². The third-order valence-corrected chi connectivity index (χ3v) is 5.18. The summed E-state index contributed by atoms with van der Waals surface area (Å²) in [5.41, 5.74) is 3.36. The Bertz CT molecular complexity index is 708. The molecule has 21 heavy (non-hydrogen) atoms. The molecule has 0 unspecified atom stereocenters. The highest BCUT2D eigenvalue weighted by Gasteiger charge is 2.31. The fourth-order valence-electron chi connectivity index (χ4n) is 2.27. The molecule has 0 bridgehead atoms. The number of rotatable bonds is 4. The number of allylic oxidation sites excluding steroid dienone is 1. The normalized spacial score (nSPS) is 16.1. The molecule has 2 rings (SSSR count). The maximum atomic E-state index is 12.6. The molecule has 1 aliphatic heterocycles. The van der Waals surface area contributed by atoms with Gasteiger partial charge in [-0.2, -0.15) is 4.31 Å². The van der Waals surface area contributed by atoms with Gasteiger partial charge in [-0.05, 0) is 38.5 Å². The molecule has 1 aliphatic rings. The van der Waals surface area contributed by atoms with E-state index in [1.54, 1.807) is 24.3 Å². The zero-order chi connectivity index (χ0) is 15.6. The molecule has 0 saturated carbocycles. The summed E-state index contributed by atoms with van der Waals surface area (Å²) in [5.74, 6) is 0. The van der Waals surface area contributed by atoms with Crippen LogP contribution < -0.4 is 0 Å². The van der Waals surface area contributed by atoms with Gasteiger partial charge < -0.3 is 0 Å². The monoisotopic (exact) mass is 305 g/mol. The molecule has 1 aromatic carbocycles. The first kappa shape index (κ1) is 15.7. The van der Waals surface area contributed by atoms with E-state index in [1.165, 1.54) is 4.31 Å². The first-order valence-electron chi connectivity index (χ1n) is 6.73. The maximum Gasteiger partial charge on any atom is 0.243 e. The quantitative estimate of drug-likeness (QED) is 0.803. The van der Waals surface area contributed by atoms with E-state index < -0.39 is 10.0 Å². The molecular formula is C16H19NO3S. The summed E-state index contributed by atoms with van der Waals surface area (Å²) >= 11 is 0. The van der Waals surface area contributed by atoms with Crippen LogP contribution in [0.25, 0.3) is 0 Å². The van der Waals surface area contributed by atoms with Crippen LogP contribution in [0.3, 0.4) is 0 Å². The van der Waals surface area contributed by atoms with Crippen molar-refractivity contribution < 1.29 is 13.2 Å². The Labute approximate surface area is 125 Å². The minimum atomic E-state index is -3.56. The maximum absolute atomic E-state index is 12.6. The van der Waals surface area contributed by atoms with Crippen LogP contribution in [0.2, 0.25) is 0 Å². The highest BCUT2D eigenvalue weighted by Crippen LogP contribution is 2.25. The Morgan fingerprint density at radius 1 is 1.10 bits per heavy atom. The van der Waals surface area contributed by atoms with Gasteiger partial charge >= 0.3 is 0 Å². The number of benzene rings is 1. The van der Waals surface area contributed by atoms with E-state index in [-0.39, 0.29) is 18.0 Å². The average molecular weight is 305 g/mol. The Balaban J connectivity index is 2.31. The SMILES string of the molecule is CC(C)=CC1=C(C=O)CN(S(=O)(=O)c2ccc(C)cc2)C1. The Hall–Kier alpha value is -1.72. The molecule has 0 amide bonds. The molecule has 0 aliphatic carbocycles. The van der Waals surface area contributed by atoms with E-state index in [9.17, 15) is 13.2 Å². The summed E-state index contributed by atoms with van der Waals surface area (Å²) in [4.78, 5) is 11.4. The van der Waals surface area contributed by atoms with Gasteiger partial charge in [0.25, 0.3) is 0 Å². The summed E-state index contributed by atoms with van der Waals surface area (Å²) in [5, 5.41) is 0. The third-order valence-electron chi connectivity index (χ3n) is 3.37. The predicted molar refractivity (Wildman–Crippen MR) is 82.5 cm³/mol. The van der Waals surface area contributed by atoms with E-state index in [2.05, 4.69) is 0 Å². The molecule has 1 heterocycles. The van der Waals surface area contributed by atoms with Crippen molar-refractivity contribution in [3.8, 4) is 0 Å². The van der Waals surface area contributed by atoms with Crippen LogP contribution >= 0.6 is 0 Å². The zero-order valence-corrected chi connectivity index (χ0v) is 13.3. The minimum Gasteiger partial charge on any atom is -0.298 e. The molecule has 0 fully saturated rings. The third kappa shape index (κ3) is 3.31. The number of nitrogens with zero attached hydrogens (tertiary/aromatic N) is 1. The smallest absolute Gasteiger partial charge is 0.243 e. The van der Waals surface area contributed by atoms with Crippen LogP contribution in [0.4, 0.5) is 0 Å². The molecule has 4 nitrogen and oxygen atoms in total. The fourth-order valence-corrected chi connectivity index (χ4v) is 3.66. The van der Waals surface area contributed by atoms with Crippen LogP contribution in [0, 0.1) is 6.92 Å². The summed E-state index contributed by atoms with van der Waals surface area (Å²) in [6, 6.07) is 6.75. The van der Waals surface area contributed by atoms with E-state index in [4.69, 9.17) is 0 Å². The van der Waals surface area contributed by atoms with Crippen LogP contribution in [-0.2, 0) is 14.8 Å². The van der Waals surface area contributed by atoms with Crippen LogP contribution in [0.1, 0.15) is 19.4 Å². The molecule has 0 N–H and O–H groups in total. The second kappa shape index (κ2) is 5.95. The highest BCUT2D eigenvalue weighted by molar-refractivity contribution is 7.89. The summed E-state index contributed by atoms with van der Waals surface area (Å²) in [6.07, 6.45) is 2.62. The Kier molecular flexibility index (Phi) is 4.44. The van der Waals surface area contributed by atoms with Crippen LogP contribution in [-0.4, -0.2) is 32.1 Å². The van der Waals surface area contributed by atoms with Crippen molar-refractivity contribution in [2.24, 2.45) is 0 Å². The first-order chi connectivity index (χ1) is 9.84. The van der Waals surface area contributed by atoms with E-state index in [1.807, 2.05) is 26.8 Å². The van der Waals surface area contributed by atoms with E-state index >= 15 is 0 Å². The van der Waals surface area contributed by atoms with Crippen molar-refractivity contribution in [1.82, 2.24) is 4.31 Å². The number of aldehydes is 1. The minimum absolute atomic E-state index is 0.138.